The summed E-state index contributed by atoms with van der Waals surface area (Å²) in [6, 6.07) is 8.89. The zero-order valence-electron chi connectivity index (χ0n) is 9.00. The Kier molecular flexibility index (Phi) is 3.54. The molecule has 1 heterocycles. The summed E-state index contributed by atoms with van der Waals surface area (Å²) in [6.45, 7) is 1.43. The Bertz CT molecular complexity index is 353. The molecule has 1 amide bonds. The molecule has 86 valence electrons. The first-order chi connectivity index (χ1) is 7.83. The van der Waals surface area contributed by atoms with Crippen LogP contribution in [0.1, 0.15) is 10.4 Å². The highest BCUT2D eigenvalue weighted by atomic mass is 16.5. The van der Waals surface area contributed by atoms with Crippen LogP contribution in [0.2, 0.25) is 0 Å². The smallest absolute Gasteiger partial charge is 0.254 e. The molecule has 1 saturated heterocycles. The monoisotopic (exact) mass is 221 g/mol. The number of benzene rings is 1. The number of morpholine rings is 1. The summed E-state index contributed by atoms with van der Waals surface area (Å²) in [5, 5.41) is 9.18. The van der Waals surface area contributed by atoms with Crippen molar-refractivity contribution in [3.05, 3.63) is 35.9 Å². The lowest BCUT2D eigenvalue weighted by Gasteiger charge is -2.34. The third-order valence-corrected chi connectivity index (χ3v) is 2.72. The Balaban J connectivity index is 2.14. The van der Waals surface area contributed by atoms with E-state index in [1.807, 2.05) is 18.2 Å². The zero-order valence-corrected chi connectivity index (χ0v) is 9.00. The van der Waals surface area contributed by atoms with E-state index in [1.165, 1.54) is 0 Å². The summed E-state index contributed by atoms with van der Waals surface area (Å²) in [6.07, 6.45) is 0. The lowest BCUT2D eigenvalue weighted by atomic mass is 10.1. The van der Waals surface area contributed by atoms with Crippen molar-refractivity contribution in [2.75, 3.05) is 26.4 Å². The van der Waals surface area contributed by atoms with E-state index in [0.29, 0.717) is 25.3 Å². The molecule has 2 rings (SSSR count). The predicted molar refractivity (Wildman–Crippen MR) is 59.2 cm³/mol. The van der Waals surface area contributed by atoms with Crippen molar-refractivity contribution in [1.82, 2.24) is 4.90 Å². The predicted octanol–water partition coefficient (Wildman–Crippen LogP) is 0.520. The number of carbonyl (C=O) groups is 1. The van der Waals surface area contributed by atoms with Gasteiger partial charge in [0.1, 0.15) is 0 Å². The van der Waals surface area contributed by atoms with Crippen molar-refractivity contribution in [3.63, 3.8) is 0 Å². The van der Waals surface area contributed by atoms with Gasteiger partial charge in [0.05, 0.1) is 25.9 Å². The van der Waals surface area contributed by atoms with E-state index in [9.17, 15) is 9.90 Å². The van der Waals surface area contributed by atoms with Crippen LogP contribution in [0.15, 0.2) is 30.3 Å². The molecule has 1 aliphatic rings. The van der Waals surface area contributed by atoms with Crippen molar-refractivity contribution >= 4 is 5.91 Å². The summed E-state index contributed by atoms with van der Waals surface area (Å²) < 4.78 is 5.24. The standard InChI is InChI=1S/C12H15NO3/c14-8-11-9-16-7-6-13(11)12(15)10-4-2-1-3-5-10/h1-5,11,14H,6-9H2. The molecular formula is C12H15NO3. The van der Waals surface area contributed by atoms with Gasteiger partial charge < -0.3 is 14.7 Å². The van der Waals surface area contributed by atoms with E-state index in [4.69, 9.17) is 4.74 Å². The highest BCUT2D eigenvalue weighted by Crippen LogP contribution is 2.11. The summed E-state index contributed by atoms with van der Waals surface area (Å²) in [5.74, 6) is -0.0389. The van der Waals surface area contributed by atoms with Crippen LogP contribution in [0.3, 0.4) is 0 Å². The van der Waals surface area contributed by atoms with Crippen LogP contribution in [0.5, 0.6) is 0 Å². The van der Waals surface area contributed by atoms with Gasteiger partial charge in [-0.1, -0.05) is 18.2 Å². The van der Waals surface area contributed by atoms with Crippen molar-refractivity contribution in [3.8, 4) is 0 Å². The maximum atomic E-state index is 12.1. The van der Waals surface area contributed by atoms with Gasteiger partial charge in [0.2, 0.25) is 0 Å². The van der Waals surface area contributed by atoms with Crippen LogP contribution in [-0.2, 0) is 4.74 Å². The Morgan fingerprint density at radius 3 is 2.88 bits per heavy atom. The van der Waals surface area contributed by atoms with Gasteiger partial charge in [-0.05, 0) is 12.1 Å². The van der Waals surface area contributed by atoms with Gasteiger partial charge in [-0.25, -0.2) is 0 Å². The molecular weight excluding hydrogens is 206 g/mol. The number of nitrogens with zero attached hydrogens (tertiary/aromatic N) is 1. The number of amides is 1. The molecule has 0 saturated carbocycles. The second kappa shape index (κ2) is 5.09. The third kappa shape index (κ3) is 2.23. The van der Waals surface area contributed by atoms with E-state index in [2.05, 4.69) is 0 Å². The topological polar surface area (TPSA) is 49.8 Å². The van der Waals surface area contributed by atoms with Gasteiger partial charge >= 0.3 is 0 Å². The van der Waals surface area contributed by atoms with Crippen LogP contribution in [0.4, 0.5) is 0 Å². The molecule has 1 atom stereocenters. The first-order valence-corrected chi connectivity index (χ1v) is 5.37. The SMILES string of the molecule is O=C(c1ccccc1)N1CCOCC1CO. The van der Waals surface area contributed by atoms with Crippen LogP contribution in [0.25, 0.3) is 0 Å². The van der Waals surface area contributed by atoms with Gasteiger partial charge in [0, 0.05) is 12.1 Å². The normalized spacial score (nSPS) is 20.8. The minimum Gasteiger partial charge on any atom is -0.394 e. The number of aliphatic hydroxyl groups is 1. The van der Waals surface area contributed by atoms with Crippen LogP contribution >= 0.6 is 0 Å². The molecule has 1 aromatic rings. The summed E-state index contributed by atoms with van der Waals surface area (Å²) in [7, 11) is 0. The fourth-order valence-corrected chi connectivity index (χ4v) is 1.82. The largest absolute Gasteiger partial charge is 0.394 e. The Morgan fingerprint density at radius 2 is 2.19 bits per heavy atom. The van der Waals surface area contributed by atoms with E-state index in [0.717, 1.165) is 0 Å². The molecule has 1 aliphatic heterocycles. The number of hydrogen-bond donors (Lipinski definition) is 1. The maximum Gasteiger partial charge on any atom is 0.254 e. The lowest BCUT2D eigenvalue weighted by Crippen LogP contribution is -2.50. The quantitative estimate of drug-likeness (QED) is 0.792. The maximum absolute atomic E-state index is 12.1. The van der Waals surface area contributed by atoms with Crippen molar-refractivity contribution in [2.45, 2.75) is 6.04 Å². The molecule has 1 unspecified atom stereocenters. The Morgan fingerprint density at radius 1 is 1.44 bits per heavy atom. The van der Waals surface area contributed by atoms with Crippen LogP contribution in [0, 0.1) is 0 Å². The minimum atomic E-state index is -0.221. The van der Waals surface area contributed by atoms with Gasteiger partial charge in [0.15, 0.2) is 0 Å². The first-order valence-electron chi connectivity index (χ1n) is 5.37. The van der Waals surface area contributed by atoms with Gasteiger partial charge in [0.25, 0.3) is 5.91 Å². The number of ether oxygens (including phenoxy) is 1. The summed E-state index contributed by atoms with van der Waals surface area (Å²) in [4.78, 5) is 13.8. The highest BCUT2D eigenvalue weighted by Gasteiger charge is 2.27. The summed E-state index contributed by atoms with van der Waals surface area (Å²) >= 11 is 0. The molecule has 1 aromatic carbocycles. The third-order valence-electron chi connectivity index (χ3n) is 2.72. The van der Waals surface area contributed by atoms with Crippen molar-refractivity contribution in [2.24, 2.45) is 0 Å². The Hall–Kier alpha value is -1.39. The average molecular weight is 221 g/mol. The van der Waals surface area contributed by atoms with Gasteiger partial charge in [-0.2, -0.15) is 0 Å². The Labute approximate surface area is 94.4 Å². The van der Waals surface area contributed by atoms with Crippen molar-refractivity contribution < 1.29 is 14.6 Å². The van der Waals surface area contributed by atoms with Crippen molar-refractivity contribution in [1.29, 1.82) is 0 Å². The van der Waals surface area contributed by atoms with Crippen LogP contribution < -0.4 is 0 Å². The van der Waals surface area contributed by atoms with Gasteiger partial charge in [-0.15, -0.1) is 0 Å². The second-order valence-electron chi connectivity index (χ2n) is 3.78. The van der Waals surface area contributed by atoms with Gasteiger partial charge in [-0.3, -0.25) is 4.79 Å². The number of carbonyl (C=O) groups excluding carboxylic acids is 1. The van der Waals surface area contributed by atoms with E-state index in [-0.39, 0.29) is 18.6 Å². The molecule has 0 aliphatic carbocycles. The molecule has 0 spiro atoms. The first kappa shape index (κ1) is 11.1. The van der Waals surface area contributed by atoms with Crippen LogP contribution in [-0.4, -0.2) is 48.3 Å². The molecule has 16 heavy (non-hydrogen) atoms. The number of rotatable bonds is 2. The molecule has 4 nitrogen and oxygen atoms in total. The molecule has 0 bridgehead atoms. The number of hydrogen-bond acceptors (Lipinski definition) is 3. The molecule has 1 N–H and O–H groups in total. The van der Waals surface area contributed by atoms with E-state index < -0.39 is 0 Å². The minimum absolute atomic E-state index is 0.0389. The fourth-order valence-electron chi connectivity index (χ4n) is 1.82. The molecule has 0 aromatic heterocycles. The highest BCUT2D eigenvalue weighted by molar-refractivity contribution is 5.94. The molecule has 0 radical (unpaired) electrons. The molecule has 1 fully saturated rings. The van der Waals surface area contributed by atoms with E-state index in [1.54, 1.807) is 17.0 Å². The average Bonchev–Trinajstić information content (AvgIpc) is 2.39. The molecule has 4 heteroatoms. The van der Waals surface area contributed by atoms with E-state index >= 15 is 0 Å². The fraction of sp³-hybridized carbons (Fsp3) is 0.417. The number of aliphatic hydroxyl groups excluding tert-OH is 1. The zero-order chi connectivity index (χ0) is 11.4. The summed E-state index contributed by atoms with van der Waals surface area (Å²) in [5.41, 5.74) is 0.655. The second-order valence-corrected chi connectivity index (χ2v) is 3.78. The lowest BCUT2D eigenvalue weighted by molar-refractivity contribution is -0.0183.